The molecule has 0 unspecified atom stereocenters. The van der Waals surface area contributed by atoms with Crippen molar-refractivity contribution in [3.63, 3.8) is 0 Å². The smallest absolute Gasteiger partial charge is 0.261 e. The Hall–Kier alpha value is -3.87. The number of benzene rings is 3. The molecule has 2 amide bonds. The van der Waals surface area contributed by atoms with Gasteiger partial charge in [0.25, 0.3) is 11.8 Å². The number of carbonyl (C=O) groups is 2. The van der Waals surface area contributed by atoms with Gasteiger partial charge in [-0.1, -0.05) is 38.5 Å². The molecule has 0 fully saturated rings. The largest absolute Gasteiger partial charge is 0.490 e. The van der Waals surface area contributed by atoms with E-state index < -0.39 is 5.82 Å². The first-order valence-electron chi connectivity index (χ1n) is 12.4. The van der Waals surface area contributed by atoms with E-state index in [1.165, 1.54) is 11.0 Å². The van der Waals surface area contributed by atoms with Crippen LogP contribution in [0.15, 0.2) is 60.7 Å². The zero-order valence-corrected chi connectivity index (χ0v) is 20.7. The van der Waals surface area contributed by atoms with Crippen LogP contribution < -0.4 is 14.8 Å². The standard InChI is InChI=1S/C29H31FN2O4/c1-3-5-17-35-27-18-20(4-2)11-13-26(27)36-25-14-12-21(19-24(25)30)31-15-8-16-32-28(33)22-9-6-7-10-23(22)29(32)34/h6-7,9-14,18-19,31H,3-5,8,15-17H2,1-2H3. The molecule has 0 saturated heterocycles. The molecule has 1 aliphatic heterocycles. The molecule has 1 N–H and O–H groups in total. The van der Waals surface area contributed by atoms with Gasteiger partial charge in [0.15, 0.2) is 23.1 Å². The van der Waals surface area contributed by atoms with Crippen molar-refractivity contribution in [1.82, 2.24) is 4.90 Å². The fourth-order valence-corrected chi connectivity index (χ4v) is 4.02. The molecule has 0 radical (unpaired) electrons. The molecule has 0 saturated carbocycles. The van der Waals surface area contributed by atoms with Crippen LogP contribution in [-0.4, -0.2) is 36.4 Å². The summed E-state index contributed by atoms with van der Waals surface area (Å²) >= 11 is 0. The van der Waals surface area contributed by atoms with Crippen molar-refractivity contribution in [1.29, 1.82) is 0 Å². The quantitative estimate of drug-likeness (QED) is 0.233. The van der Waals surface area contributed by atoms with Gasteiger partial charge in [-0.2, -0.15) is 0 Å². The summed E-state index contributed by atoms with van der Waals surface area (Å²) < 4.78 is 26.6. The Balaban J connectivity index is 1.33. The minimum Gasteiger partial charge on any atom is -0.490 e. The number of nitrogens with zero attached hydrogens (tertiary/aromatic N) is 1. The van der Waals surface area contributed by atoms with Crippen molar-refractivity contribution < 1.29 is 23.5 Å². The van der Waals surface area contributed by atoms with Gasteiger partial charge in [-0.15, -0.1) is 0 Å². The summed E-state index contributed by atoms with van der Waals surface area (Å²) in [6, 6.07) is 17.2. The van der Waals surface area contributed by atoms with E-state index in [2.05, 4.69) is 19.2 Å². The van der Waals surface area contributed by atoms with Crippen molar-refractivity contribution in [2.45, 2.75) is 39.5 Å². The molecular weight excluding hydrogens is 459 g/mol. The highest BCUT2D eigenvalue weighted by atomic mass is 19.1. The summed E-state index contributed by atoms with van der Waals surface area (Å²) in [7, 11) is 0. The molecule has 0 spiro atoms. The summed E-state index contributed by atoms with van der Waals surface area (Å²) in [6.07, 6.45) is 3.35. The molecule has 1 heterocycles. The average Bonchev–Trinajstić information content (AvgIpc) is 3.13. The number of ether oxygens (including phenoxy) is 2. The summed E-state index contributed by atoms with van der Waals surface area (Å²) in [5.41, 5.74) is 2.59. The lowest BCUT2D eigenvalue weighted by Gasteiger charge is -2.15. The Morgan fingerprint density at radius 2 is 1.58 bits per heavy atom. The number of rotatable bonds is 12. The van der Waals surface area contributed by atoms with Gasteiger partial charge < -0.3 is 14.8 Å². The van der Waals surface area contributed by atoms with Crippen molar-refractivity contribution >= 4 is 17.5 Å². The van der Waals surface area contributed by atoms with Crippen molar-refractivity contribution in [2.24, 2.45) is 0 Å². The highest BCUT2D eigenvalue weighted by Gasteiger charge is 2.34. The predicted molar refractivity (Wildman–Crippen MR) is 138 cm³/mol. The first-order chi connectivity index (χ1) is 17.5. The molecule has 0 aromatic heterocycles. The van der Waals surface area contributed by atoms with Crippen LogP contribution in [0, 0.1) is 5.82 Å². The van der Waals surface area contributed by atoms with E-state index in [1.807, 2.05) is 18.2 Å². The zero-order chi connectivity index (χ0) is 25.5. The van der Waals surface area contributed by atoms with E-state index in [0.717, 1.165) is 24.8 Å². The van der Waals surface area contributed by atoms with E-state index >= 15 is 0 Å². The second kappa shape index (κ2) is 11.7. The van der Waals surface area contributed by atoms with Gasteiger partial charge in [0, 0.05) is 24.8 Å². The molecule has 3 aromatic rings. The van der Waals surface area contributed by atoms with Crippen LogP contribution >= 0.6 is 0 Å². The minimum absolute atomic E-state index is 0.108. The van der Waals surface area contributed by atoms with Crippen molar-refractivity contribution in [2.75, 3.05) is 25.0 Å². The molecule has 0 aliphatic carbocycles. The number of unbranched alkanes of at least 4 members (excludes halogenated alkanes) is 1. The van der Waals surface area contributed by atoms with Crippen LogP contribution in [0.2, 0.25) is 0 Å². The third-order valence-corrected chi connectivity index (χ3v) is 6.09. The van der Waals surface area contributed by atoms with Crippen LogP contribution in [0.5, 0.6) is 17.2 Å². The average molecular weight is 491 g/mol. The lowest BCUT2D eigenvalue weighted by molar-refractivity contribution is 0.0654. The number of hydrogen-bond donors (Lipinski definition) is 1. The Morgan fingerprint density at radius 3 is 2.25 bits per heavy atom. The fourth-order valence-electron chi connectivity index (χ4n) is 4.02. The zero-order valence-electron chi connectivity index (χ0n) is 20.7. The Kier molecular flexibility index (Phi) is 8.21. The predicted octanol–water partition coefficient (Wildman–Crippen LogP) is 6.46. The Morgan fingerprint density at radius 1 is 0.861 bits per heavy atom. The number of aryl methyl sites for hydroxylation is 1. The van der Waals surface area contributed by atoms with Crippen LogP contribution in [0.4, 0.5) is 10.1 Å². The lowest BCUT2D eigenvalue weighted by atomic mass is 10.1. The minimum atomic E-state index is -0.501. The second-order valence-electron chi connectivity index (χ2n) is 8.67. The SMILES string of the molecule is CCCCOc1cc(CC)ccc1Oc1ccc(NCCCN2C(=O)c3ccccc3C2=O)cc1F. The summed E-state index contributed by atoms with van der Waals surface area (Å²) in [4.78, 5) is 26.2. The van der Waals surface area contributed by atoms with Gasteiger partial charge in [0.2, 0.25) is 0 Å². The van der Waals surface area contributed by atoms with E-state index in [9.17, 15) is 14.0 Å². The maximum atomic E-state index is 14.8. The van der Waals surface area contributed by atoms with Crippen LogP contribution in [-0.2, 0) is 6.42 Å². The molecule has 0 atom stereocenters. The number of nitrogens with one attached hydrogen (secondary N) is 1. The van der Waals surface area contributed by atoms with E-state index in [4.69, 9.17) is 9.47 Å². The van der Waals surface area contributed by atoms with Gasteiger partial charge in [-0.05, 0) is 61.2 Å². The monoisotopic (exact) mass is 490 g/mol. The molecule has 188 valence electrons. The number of imide groups is 1. The third-order valence-electron chi connectivity index (χ3n) is 6.09. The van der Waals surface area contributed by atoms with Gasteiger partial charge in [0.1, 0.15) is 0 Å². The molecule has 36 heavy (non-hydrogen) atoms. The number of halogens is 1. The van der Waals surface area contributed by atoms with Gasteiger partial charge in [-0.25, -0.2) is 4.39 Å². The number of amides is 2. The molecule has 7 heteroatoms. The van der Waals surface area contributed by atoms with Crippen LogP contribution in [0.3, 0.4) is 0 Å². The molecule has 0 bridgehead atoms. The lowest BCUT2D eigenvalue weighted by Crippen LogP contribution is -2.31. The highest BCUT2D eigenvalue weighted by molar-refractivity contribution is 6.21. The maximum absolute atomic E-state index is 14.8. The first kappa shape index (κ1) is 25.2. The van der Waals surface area contributed by atoms with Gasteiger partial charge in [0.05, 0.1) is 17.7 Å². The van der Waals surface area contributed by atoms with Gasteiger partial charge in [-0.3, -0.25) is 14.5 Å². The normalized spacial score (nSPS) is 12.6. The Bertz CT molecular complexity index is 1210. The summed E-state index contributed by atoms with van der Waals surface area (Å²) in [5, 5.41) is 3.14. The number of anilines is 1. The van der Waals surface area contributed by atoms with Crippen molar-refractivity contribution in [3.05, 3.63) is 83.2 Å². The third kappa shape index (κ3) is 5.67. The first-order valence-corrected chi connectivity index (χ1v) is 12.4. The van der Waals surface area contributed by atoms with E-state index in [0.29, 0.717) is 47.9 Å². The molecule has 3 aromatic carbocycles. The molecule has 4 rings (SSSR count). The number of carbonyl (C=O) groups excluding carboxylic acids is 2. The van der Waals surface area contributed by atoms with E-state index in [1.54, 1.807) is 36.4 Å². The maximum Gasteiger partial charge on any atom is 0.261 e. The molecule has 6 nitrogen and oxygen atoms in total. The fraction of sp³-hybridized carbons (Fsp3) is 0.310. The van der Waals surface area contributed by atoms with E-state index in [-0.39, 0.29) is 24.1 Å². The number of hydrogen-bond acceptors (Lipinski definition) is 5. The second-order valence-corrected chi connectivity index (χ2v) is 8.67. The van der Waals surface area contributed by atoms with Crippen LogP contribution in [0.1, 0.15) is 59.4 Å². The van der Waals surface area contributed by atoms with Gasteiger partial charge >= 0.3 is 0 Å². The van der Waals surface area contributed by atoms with Crippen molar-refractivity contribution in [3.8, 4) is 17.2 Å². The molecular formula is C29H31FN2O4. The number of fused-ring (bicyclic) bond motifs is 1. The topological polar surface area (TPSA) is 67.9 Å². The summed E-state index contributed by atoms with van der Waals surface area (Å²) in [6.45, 7) is 5.50. The molecule has 1 aliphatic rings. The van der Waals surface area contributed by atoms with Crippen LogP contribution in [0.25, 0.3) is 0 Å². The summed E-state index contributed by atoms with van der Waals surface area (Å²) in [5.74, 6) is 0.151. The Labute approximate surface area is 211 Å². The highest BCUT2D eigenvalue weighted by Crippen LogP contribution is 2.35.